The third kappa shape index (κ3) is 45.4. The van der Waals surface area contributed by atoms with Crippen LogP contribution in [0, 0.1) is 0 Å². The first kappa shape index (κ1) is 56.3. The van der Waals surface area contributed by atoms with E-state index in [9.17, 15) is 14.4 Å². The van der Waals surface area contributed by atoms with E-state index in [1.807, 2.05) is 0 Å². The van der Waals surface area contributed by atoms with Gasteiger partial charge >= 0.3 is 17.9 Å². The number of hydrogen-bond acceptors (Lipinski definition) is 6. The van der Waals surface area contributed by atoms with Crippen LogP contribution < -0.4 is 0 Å². The van der Waals surface area contributed by atoms with E-state index in [1.165, 1.54) is 19.3 Å². The number of allylic oxidation sites excluding steroid dienone is 16. The topological polar surface area (TPSA) is 78.9 Å². The van der Waals surface area contributed by atoms with Gasteiger partial charge in [-0.25, -0.2) is 0 Å². The fraction of sp³-hybridized carbons (Fsp3) is 0.648. The Balaban J connectivity index is 4.45. The van der Waals surface area contributed by atoms with Crippen molar-refractivity contribution in [3.63, 3.8) is 0 Å². The maximum atomic E-state index is 12.7. The van der Waals surface area contributed by atoms with Gasteiger partial charge in [0, 0.05) is 19.3 Å². The molecule has 0 spiro atoms. The standard InChI is InChI=1S/C54H88O6/c1-4-7-10-13-16-19-22-24-25-26-27-28-29-31-32-35-38-41-44-47-53(56)59-50-51(49-58-52(55)46-43-40-37-34-21-18-15-12-9-6-3)60-54(57)48-45-42-39-36-33-30-23-20-17-14-11-8-5-2/h7,10-12,14-16,19-20,23-25,27-28,31-32,51H,4-6,8-9,13,17-18,21-22,26,29-30,33-50H2,1-3H3/b10-7-,14-11-,15-12-,19-16-,23-20-,25-24-,28-27-,32-31-. The molecule has 0 N–H and O–H groups in total. The summed E-state index contributed by atoms with van der Waals surface area (Å²) in [5.74, 6) is -0.966. The van der Waals surface area contributed by atoms with Crippen molar-refractivity contribution >= 4 is 17.9 Å². The van der Waals surface area contributed by atoms with Gasteiger partial charge in [-0.15, -0.1) is 0 Å². The Kier molecular flexibility index (Phi) is 45.1. The molecular weight excluding hydrogens is 745 g/mol. The number of hydrogen-bond donors (Lipinski definition) is 0. The number of rotatable bonds is 42. The lowest BCUT2D eigenvalue weighted by Crippen LogP contribution is -2.30. The molecule has 0 aliphatic carbocycles. The second-order valence-corrected chi connectivity index (χ2v) is 15.6. The summed E-state index contributed by atoms with van der Waals surface area (Å²) >= 11 is 0. The van der Waals surface area contributed by atoms with Gasteiger partial charge in [-0.05, 0) is 109 Å². The minimum Gasteiger partial charge on any atom is -0.462 e. The first-order valence-electron chi connectivity index (χ1n) is 24.2. The molecule has 340 valence electrons. The van der Waals surface area contributed by atoms with Crippen molar-refractivity contribution in [3.05, 3.63) is 97.2 Å². The van der Waals surface area contributed by atoms with Crippen molar-refractivity contribution in [2.75, 3.05) is 13.2 Å². The summed E-state index contributed by atoms with van der Waals surface area (Å²) in [7, 11) is 0. The molecule has 60 heavy (non-hydrogen) atoms. The maximum absolute atomic E-state index is 12.7. The second kappa shape index (κ2) is 48.0. The number of unbranched alkanes of at least 4 members (excludes halogenated alkanes) is 15. The summed E-state index contributed by atoms with van der Waals surface area (Å²) in [6, 6.07) is 0. The van der Waals surface area contributed by atoms with E-state index in [0.717, 1.165) is 148 Å². The lowest BCUT2D eigenvalue weighted by atomic mass is 10.1. The molecule has 0 saturated heterocycles. The van der Waals surface area contributed by atoms with Gasteiger partial charge in [0.1, 0.15) is 13.2 Å². The van der Waals surface area contributed by atoms with Crippen LogP contribution in [0.3, 0.4) is 0 Å². The smallest absolute Gasteiger partial charge is 0.306 e. The summed E-state index contributed by atoms with van der Waals surface area (Å²) in [5.41, 5.74) is 0. The molecule has 0 heterocycles. The average molecular weight is 833 g/mol. The first-order chi connectivity index (χ1) is 29.5. The Morgan fingerprint density at radius 3 is 1.07 bits per heavy atom. The monoisotopic (exact) mass is 833 g/mol. The van der Waals surface area contributed by atoms with Crippen molar-refractivity contribution in [3.8, 4) is 0 Å². The summed E-state index contributed by atoms with van der Waals surface area (Å²) in [6.07, 6.45) is 62.5. The molecule has 0 rings (SSSR count). The molecule has 0 aromatic rings. The highest BCUT2D eigenvalue weighted by atomic mass is 16.6. The summed E-state index contributed by atoms with van der Waals surface area (Å²) in [4.78, 5) is 37.8. The third-order valence-electron chi connectivity index (χ3n) is 9.75. The van der Waals surface area contributed by atoms with Gasteiger partial charge in [-0.3, -0.25) is 14.4 Å². The van der Waals surface area contributed by atoms with Gasteiger partial charge in [0.15, 0.2) is 6.10 Å². The highest BCUT2D eigenvalue weighted by Gasteiger charge is 2.19. The lowest BCUT2D eigenvalue weighted by molar-refractivity contribution is -0.167. The largest absolute Gasteiger partial charge is 0.462 e. The summed E-state index contributed by atoms with van der Waals surface area (Å²) in [6.45, 7) is 6.33. The SMILES string of the molecule is CC/C=C\C/C=C\C/C=C\C/C=C\C/C=C\CCCCCC(=O)OCC(COC(=O)CCCCCCC/C=C\CCC)OC(=O)CCCCCCC/C=C\C/C=C\CCC. The van der Waals surface area contributed by atoms with Gasteiger partial charge in [0.25, 0.3) is 0 Å². The second-order valence-electron chi connectivity index (χ2n) is 15.6. The van der Waals surface area contributed by atoms with Crippen LogP contribution in [-0.2, 0) is 28.6 Å². The normalized spacial score (nSPS) is 12.9. The van der Waals surface area contributed by atoms with Crippen LogP contribution in [0.2, 0.25) is 0 Å². The van der Waals surface area contributed by atoms with Crippen LogP contribution in [0.4, 0.5) is 0 Å². The fourth-order valence-corrected chi connectivity index (χ4v) is 6.15. The predicted octanol–water partition coefficient (Wildman–Crippen LogP) is 15.8. The summed E-state index contributed by atoms with van der Waals surface area (Å²) < 4.78 is 16.7. The van der Waals surface area contributed by atoms with Gasteiger partial charge < -0.3 is 14.2 Å². The van der Waals surface area contributed by atoms with Gasteiger partial charge in [0.05, 0.1) is 0 Å². The molecule has 0 aromatic carbocycles. The zero-order valence-corrected chi connectivity index (χ0v) is 38.7. The van der Waals surface area contributed by atoms with Crippen LogP contribution in [0.1, 0.15) is 207 Å². The minimum absolute atomic E-state index is 0.100. The Bertz CT molecular complexity index is 1230. The minimum atomic E-state index is -0.801. The van der Waals surface area contributed by atoms with Crippen LogP contribution in [-0.4, -0.2) is 37.2 Å². The molecule has 0 fully saturated rings. The Morgan fingerprint density at radius 1 is 0.350 bits per heavy atom. The molecular formula is C54H88O6. The van der Waals surface area contributed by atoms with Crippen LogP contribution in [0.25, 0.3) is 0 Å². The molecule has 0 radical (unpaired) electrons. The van der Waals surface area contributed by atoms with E-state index in [0.29, 0.717) is 19.3 Å². The highest BCUT2D eigenvalue weighted by Crippen LogP contribution is 2.12. The van der Waals surface area contributed by atoms with Crippen molar-refractivity contribution in [1.29, 1.82) is 0 Å². The van der Waals surface area contributed by atoms with Gasteiger partial charge in [0.2, 0.25) is 0 Å². The number of carbonyl (C=O) groups excluding carboxylic acids is 3. The van der Waals surface area contributed by atoms with E-state index >= 15 is 0 Å². The zero-order chi connectivity index (χ0) is 43.7. The number of carbonyl (C=O) groups is 3. The van der Waals surface area contributed by atoms with E-state index < -0.39 is 6.10 Å². The molecule has 1 atom stereocenters. The average Bonchev–Trinajstić information content (AvgIpc) is 3.24. The van der Waals surface area contributed by atoms with Gasteiger partial charge in [-0.2, -0.15) is 0 Å². The van der Waals surface area contributed by atoms with Crippen LogP contribution in [0.15, 0.2) is 97.2 Å². The van der Waals surface area contributed by atoms with Crippen molar-refractivity contribution in [2.45, 2.75) is 213 Å². The molecule has 6 nitrogen and oxygen atoms in total. The molecule has 6 heteroatoms. The molecule has 0 aliphatic heterocycles. The van der Waals surface area contributed by atoms with Crippen molar-refractivity contribution in [2.24, 2.45) is 0 Å². The molecule has 0 amide bonds. The molecule has 1 unspecified atom stereocenters. The van der Waals surface area contributed by atoms with Crippen molar-refractivity contribution < 1.29 is 28.6 Å². The van der Waals surface area contributed by atoms with Crippen molar-refractivity contribution in [1.82, 2.24) is 0 Å². The molecule has 0 aromatic heterocycles. The number of esters is 3. The van der Waals surface area contributed by atoms with Crippen LogP contribution >= 0.6 is 0 Å². The molecule has 0 aliphatic rings. The van der Waals surface area contributed by atoms with E-state index in [-0.39, 0.29) is 31.1 Å². The summed E-state index contributed by atoms with van der Waals surface area (Å²) in [5, 5.41) is 0. The molecule has 0 bridgehead atoms. The predicted molar refractivity (Wildman–Crippen MR) is 256 cm³/mol. The van der Waals surface area contributed by atoms with Gasteiger partial charge in [-0.1, -0.05) is 176 Å². The van der Waals surface area contributed by atoms with E-state index in [1.54, 1.807) is 0 Å². The number of ether oxygens (including phenoxy) is 3. The zero-order valence-electron chi connectivity index (χ0n) is 38.7. The Morgan fingerprint density at radius 2 is 0.650 bits per heavy atom. The molecule has 0 saturated carbocycles. The lowest BCUT2D eigenvalue weighted by Gasteiger charge is -2.18. The fourth-order valence-electron chi connectivity index (χ4n) is 6.15. The van der Waals surface area contributed by atoms with E-state index in [4.69, 9.17) is 14.2 Å². The quantitative estimate of drug-likeness (QED) is 0.0264. The van der Waals surface area contributed by atoms with Crippen LogP contribution in [0.5, 0.6) is 0 Å². The van der Waals surface area contributed by atoms with E-state index in [2.05, 4.69) is 118 Å². The maximum Gasteiger partial charge on any atom is 0.306 e. The Labute approximate surface area is 368 Å². The third-order valence-corrected chi connectivity index (χ3v) is 9.75. The Hall–Kier alpha value is -3.67. The highest BCUT2D eigenvalue weighted by molar-refractivity contribution is 5.71. The first-order valence-corrected chi connectivity index (χ1v) is 24.2.